The second-order valence-electron chi connectivity index (χ2n) is 7.23. The third kappa shape index (κ3) is 4.72. The minimum Gasteiger partial charge on any atom is -0.489 e. The largest absolute Gasteiger partial charge is 0.489 e. The zero-order valence-electron chi connectivity index (χ0n) is 15.0. The molecule has 5 nitrogen and oxygen atoms in total. The maximum Gasteiger partial charge on any atom is 0.410 e. The van der Waals surface area contributed by atoms with E-state index in [0.717, 1.165) is 23.3 Å². The third-order valence-electron chi connectivity index (χ3n) is 4.00. The van der Waals surface area contributed by atoms with E-state index in [9.17, 15) is 4.79 Å². The number of rotatable bonds is 3. The quantitative estimate of drug-likeness (QED) is 0.849. The van der Waals surface area contributed by atoms with Crippen LogP contribution in [0.1, 0.15) is 37.5 Å². The molecule has 2 aromatic rings. The van der Waals surface area contributed by atoms with Crippen LogP contribution in [0.5, 0.6) is 5.75 Å². The molecule has 1 amide bonds. The Bertz CT molecular complexity index is 738. The van der Waals surface area contributed by atoms with Crippen molar-refractivity contribution in [3.8, 4) is 5.75 Å². The molecule has 0 saturated heterocycles. The lowest BCUT2D eigenvalue weighted by molar-refractivity contribution is 0.0223. The number of nitrogens with zero attached hydrogens (tertiary/aromatic N) is 2. The Hall–Kier alpha value is -2.56. The summed E-state index contributed by atoms with van der Waals surface area (Å²) < 4.78 is 11.3. The van der Waals surface area contributed by atoms with Gasteiger partial charge in [0.2, 0.25) is 0 Å². The van der Waals surface area contributed by atoms with Gasteiger partial charge in [0, 0.05) is 25.5 Å². The smallest absolute Gasteiger partial charge is 0.410 e. The SMILES string of the molecule is CC(C)(C)OC(=O)N1CCc2ccc(OCc3ccncc3)cc2C1. The maximum absolute atomic E-state index is 12.3. The van der Waals surface area contributed by atoms with E-state index in [-0.39, 0.29) is 6.09 Å². The third-order valence-corrected chi connectivity index (χ3v) is 4.00. The minimum atomic E-state index is -0.479. The van der Waals surface area contributed by atoms with Crippen molar-refractivity contribution in [2.75, 3.05) is 6.54 Å². The fraction of sp³-hybridized carbons (Fsp3) is 0.400. The molecule has 5 heteroatoms. The van der Waals surface area contributed by atoms with Gasteiger partial charge in [-0.2, -0.15) is 0 Å². The predicted molar refractivity (Wildman–Crippen MR) is 95.4 cm³/mol. The molecular formula is C20H24N2O3. The van der Waals surface area contributed by atoms with E-state index in [1.165, 1.54) is 5.56 Å². The molecule has 0 N–H and O–H groups in total. The lowest BCUT2D eigenvalue weighted by Gasteiger charge is -2.31. The molecule has 0 spiro atoms. The van der Waals surface area contributed by atoms with Gasteiger partial charge in [0.15, 0.2) is 0 Å². The summed E-state index contributed by atoms with van der Waals surface area (Å²) in [5.74, 6) is 0.807. The van der Waals surface area contributed by atoms with Gasteiger partial charge in [-0.05, 0) is 68.1 Å². The lowest BCUT2D eigenvalue weighted by Crippen LogP contribution is -2.39. The van der Waals surface area contributed by atoms with Gasteiger partial charge in [-0.1, -0.05) is 6.07 Å². The molecule has 1 aromatic carbocycles. The van der Waals surface area contributed by atoms with Crippen molar-refractivity contribution in [3.05, 3.63) is 59.4 Å². The van der Waals surface area contributed by atoms with Gasteiger partial charge in [0.05, 0.1) is 0 Å². The number of benzene rings is 1. The van der Waals surface area contributed by atoms with Crippen LogP contribution in [0.4, 0.5) is 4.79 Å². The number of carbonyl (C=O) groups excluding carboxylic acids is 1. The summed E-state index contributed by atoms with van der Waals surface area (Å²) in [4.78, 5) is 18.0. The van der Waals surface area contributed by atoms with Crippen molar-refractivity contribution >= 4 is 6.09 Å². The average Bonchev–Trinajstić information content (AvgIpc) is 2.58. The average molecular weight is 340 g/mol. The zero-order chi connectivity index (χ0) is 17.9. The summed E-state index contributed by atoms with van der Waals surface area (Å²) in [6.07, 6.45) is 4.08. The number of hydrogen-bond acceptors (Lipinski definition) is 4. The fourth-order valence-electron chi connectivity index (χ4n) is 2.75. The first kappa shape index (κ1) is 17.3. The highest BCUT2D eigenvalue weighted by Gasteiger charge is 2.25. The molecule has 0 unspecified atom stereocenters. The minimum absolute atomic E-state index is 0.263. The lowest BCUT2D eigenvalue weighted by atomic mass is 10.00. The van der Waals surface area contributed by atoms with Gasteiger partial charge < -0.3 is 14.4 Å². The van der Waals surface area contributed by atoms with Gasteiger partial charge in [-0.25, -0.2) is 4.79 Å². The Morgan fingerprint density at radius 2 is 1.92 bits per heavy atom. The van der Waals surface area contributed by atoms with E-state index < -0.39 is 5.60 Å². The van der Waals surface area contributed by atoms with E-state index in [1.807, 2.05) is 45.0 Å². The van der Waals surface area contributed by atoms with Crippen LogP contribution in [0.3, 0.4) is 0 Å². The molecule has 0 fully saturated rings. The zero-order valence-corrected chi connectivity index (χ0v) is 15.0. The summed E-state index contributed by atoms with van der Waals surface area (Å²) in [7, 11) is 0. The van der Waals surface area contributed by atoms with Gasteiger partial charge >= 0.3 is 6.09 Å². The van der Waals surface area contributed by atoms with Crippen molar-refractivity contribution in [2.45, 2.75) is 45.9 Å². The highest BCUT2D eigenvalue weighted by molar-refractivity contribution is 5.68. The van der Waals surface area contributed by atoms with Crippen LogP contribution in [0, 0.1) is 0 Å². The van der Waals surface area contributed by atoms with E-state index in [0.29, 0.717) is 19.7 Å². The Balaban J connectivity index is 1.66. The van der Waals surface area contributed by atoms with Crippen molar-refractivity contribution in [1.82, 2.24) is 9.88 Å². The maximum atomic E-state index is 12.3. The summed E-state index contributed by atoms with van der Waals surface area (Å²) >= 11 is 0. The molecule has 0 saturated carbocycles. The number of fused-ring (bicyclic) bond motifs is 1. The van der Waals surface area contributed by atoms with E-state index in [4.69, 9.17) is 9.47 Å². The summed E-state index contributed by atoms with van der Waals surface area (Å²) in [5, 5.41) is 0. The van der Waals surface area contributed by atoms with Gasteiger partial charge in [0.25, 0.3) is 0 Å². The van der Waals surface area contributed by atoms with Gasteiger partial charge in [-0.15, -0.1) is 0 Å². The summed E-state index contributed by atoms with van der Waals surface area (Å²) in [6, 6.07) is 9.96. The molecule has 0 aliphatic carbocycles. The highest BCUT2D eigenvalue weighted by Crippen LogP contribution is 2.25. The number of amides is 1. The Morgan fingerprint density at radius 1 is 1.16 bits per heavy atom. The molecule has 0 atom stereocenters. The van der Waals surface area contributed by atoms with Crippen molar-refractivity contribution in [2.24, 2.45) is 0 Å². The number of ether oxygens (including phenoxy) is 2. The Labute approximate surface area is 148 Å². The van der Waals surface area contributed by atoms with Crippen LogP contribution >= 0.6 is 0 Å². The molecule has 25 heavy (non-hydrogen) atoms. The van der Waals surface area contributed by atoms with Crippen LogP contribution in [0.15, 0.2) is 42.7 Å². The Kier molecular flexibility index (Phi) is 4.93. The Morgan fingerprint density at radius 3 is 2.64 bits per heavy atom. The molecule has 0 radical (unpaired) electrons. The second-order valence-corrected chi connectivity index (χ2v) is 7.23. The van der Waals surface area contributed by atoms with Crippen molar-refractivity contribution in [3.63, 3.8) is 0 Å². The highest BCUT2D eigenvalue weighted by atomic mass is 16.6. The van der Waals surface area contributed by atoms with E-state index >= 15 is 0 Å². The predicted octanol–water partition coefficient (Wildman–Crippen LogP) is 3.95. The number of aromatic nitrogens is 1. The number of carbonyl (C=O) groups is 1. The molecule has 1 aliphatic heterocycles. The topological polar surface area (TPSA) is 51.7 Å². The van der Waals surface area contributed by atoms with E-state index in [1.54, 1.807) is 17.3 Å². The van der Waals surface area contributed by atoms with Crippen LogP contribution < -0.4 is 4.74 Å². The number of pyridine rings is 1. The molecule has 1 aromatic heterocycles. The van der Waals surface area contributed by atoms with Crippen molar-refractivity contribution in [1.29, 1.82) is 0 Å². The monoisotopic (exact) mass is 340 g/mol. The molecule has 2 heterocycles. The van der Waals surface area contributed by atoms with Crippen molar-refractivity contribution < 1.29 is 14.3 Å². The summed E-state index contributed by atoms with van der Waals surface area (Å²) in [6.45, 7) is 7.38. The molecular weight excluding hydrogens is 316 g/mol. The fourth-order valence-corrected chi connectivity index (χ4v) is 2.75. The molecule has 3 rings (SSSR count). The standard InChI is InChI=1S/C20H24N2O3/c1-20(2,3)25-19(23)22-11-8-16-4-5-18(12-17(16)13-22)24-14-15-6-9-21-10-7-15/h4-7,9-10,12H,8,11,13-14H2,1-3H3. The van der Waals surface area contributed by atoms with Gasteiger partial charge in [-0.3, -0.25) is 4.98 Å². The van der Waals surface area contributed by atoms with Crippen LogP contribution in [0.25, 0.3) is 0 Å². The first-order chi connectivity index (χ1) is 11.9. The molecule has 132 valence electrons. The van der Waals surface area contributed by atoms with Crippen LogP contribution in [-0.2, 0) is 24.3 Å². The number of hydrogen-bond donors (Lipinski definition) is 0. The molecule has 0 bridgehead atoms. The first-order valence-corrected chi connectivity index (χ1v) is 8.52. The van der Waals surface area contributed by atoms with Gasteiger partial charge in [0.1, 0.15) is 18.0 Å². The second kappa shape index (κ2) is 7.13. The van der Waals surface area contributed by atoms with E-state index in [2.05, 4.69) is 11.1 Å². The summed E-state index contributed by atoms with van der Waals surface area (Å²) in [5.41, 5.74) is 2.97. The normalized spacial score (nSPS) is 14.0. The first-order valence-electron chi connectivity index (χ1n) is 8.52. The van der Waals surface area contributed by atoms with Crippen LogP contribution in [0.2, 0.25) is 0 Å². The van der Waals surface area contributed by atoms with Crippen LogP contribution in [-0.4, -0.2) is 28.1 Å². The molecule has 1 aliphatic rings.